The molecule has 0 saturated carbocycles. The molecule has 3 aromatic carbocycles. The van der Waals surface area contributed by atoms with Gasteiger partial charge in [0.25, 0.3) is 0 Å². The van der Waals surface area contributed by atoms with Gasteiger partial charge in [0.2, 0.25) is 11.8 Å². The fourth-order valence-electron chi connectivity index (χ4n) is 2.81. The number of nitrogens with zero attached hydrogens (tertiary/aromatic N) is 2. The first-order valence-corrected chi connectivity index (χ1v) is 9.34. The van der Waals surface area contributed by atoms with Crippen molar-refractivity contribution in [2.75, 3.05) is 5.32 Å². The Morgan fingerprint density at radius 3 is 2.21 bits per heavy atom. The average molecular weight is 405 g/mol. The fraction of sp³-hybridized carbons (Fsp3) is 0.0455. The maximum absolute atomic E-state index is 12.6. The molecule has 1 aromatic heterocycles. The minimum absolute atomic E-state index is 0.282. The van der Waals surface area contributed by atoms with Crippen LogP contribution in [0.3, 0.4) is 0 Å². The van der Waals surface area contributed by atoms with Crippen molar-refractivity contribution in [3.05, 3.63) is 101 Å². The number of hydrogen-bond acceptors (Lipinski definition) is 4. The minimum Gasteiger partial charge on any atom is -0.418 e. The van der Waals surface area contributed by atoms with Crippen LogP contribution in [0.2, 0.25) is 5.02 Å². The highest BCUT2D eigenvalue weighted by Crippen LogP contribution is 2.26. The van der Waals surface area contributed by atoms with E-state index in [1.165, 1.54) is 0 Å². The van der Waals surface area contributed by atoms with Crippen LogP contribution in [0.5, 0.6) is 0 Å². The zero-order valence-electron chi connectivity index (χ0n) is 15.2. The van der Waals surface area contributed by atoms with Crippen molar-refractivity contribution in [2.45, 2.75) is 6.04 Å². The second kappa shape index (κ2) is 8.58. The van der Waals surface area contributed by atoms with Crippen molar-refractivity contribution < 1.29 is 9.21 Å². The number of anilines is 1. The summed E-state index contributed by atoms with van der Waals surface area (Å²) in [6.07, 6.45) is 0. The third kappa shape index (κ3) is 4.62. The van der Waals surface area contributed by atoms with Gasteiger partial charge in [0.1, 0.15) is 6.04 Å². The Labute approximate surface area is 172 Å². The second-order valence-corrected chi connectivity index (χ2v) is 6.70. The molecule has 144 valence electrons. The summed E-state index contributed by atoms with van der Waals surface area (Å²) in [7, 11) is 0. The SMILES string of the molecule is O=C(Nc1ccccc1)N[C@H](c1ccccc1)c1nnc(-c2ccc(Cl)cc2)o1. The van der Waals surface area contributed by atoms with Gasteiger partial charge in [0.15, 0.2) is 0 Å². The fourth-order valence-corrected chi connectivity index (χ4v) is 2.94. The number of rotatable bonds is 5. The number of urea groups is 1. The highest BCUT2D eigenvalue weighted by Gasteiger charge is 2.23. The van der Waals surface area contributed by atoms with Gasteiger partial charge in [-0.3, -0.25) is 0 Å². The topological polar surface area (TPSA) is 80.0 Å². The first kappa shape index (κ1) is 18.7. The van der Waals surface area contributed by atoms with Crippen LogP contribution < -0.4 is 10.6 Å². The summed E-state index contributed by atoms with van der Waals surface area (Å²) >= 11 is 5.94. The van der Waals surface area contributed by atoms with Gasteiger partial charge in [0.05, 0.1) is 0 Å². The average Bonchev–Trinajstić information content (AvgIpc) is 3.24. The number of benzene rings is 3. The van der Waals surface area contributed by atoms with E-state index >= 15 is 0 Å². The maximum Gasteiger partial charge on any atom is 0.320 e. The summed E-state index contributed by atoms with van der Waals surface area (Å²) in [5, 5.41) is 14.6. The lowest BCUT2D eigenvalue weighted by molar-refractivity contribution is 0.248. The van der Waals surface area contributed by atoms with Crippen molar-refractivity contribution >= 4 is 23.3 Å². The zero-order valence-corrected chi connectivity index (χ0v) is 16.0. The number of halogens is 1. The van der Waals surface area contributed by atoms with Crippen LogP contribution in [-0.2, 0) is 0 Å². The van der Waals surface area contributed by atoms with Gasteiger partial charge >= 0.3 is 6.03 Å². The van der Waals surface area contributed by atoms with Crippen molar-refractivity contribution in [3.8, 4) is 11.5 Å². The van der Waals surface area contributed by atoms with Crippen molar-refractivity contribution in [2.24, 2.45) is 0 Å². The summed E-state index contributed by atoms with van der Waals surface area (Å²) in [5.41, 5.74) is 2.25. The molecule has 6 nitrogen and oxygen atoms in total. The summed E-state index contributed by atoms with van der Waals surface area (Å²) in [6.45, 7) is 0. The Balaban J connectivity index is 1.60. The van der Waals surface area contributed by atoms with E-state index in [-0.39, 0.29) is 11.9 Å². The van der Waals surface area contributed by atoms with Crippen LogP contribution in [0.1, 0.15) is 17.5 Å². The number of carbonyl (C=O) groups is 1. The van der Waals surface area contributed by atoms with E-state index in [9.17, 15) is 4.79 Å². The molecule has 4 rings (SSSR count). The highest BCUT2D eigenvalue weighted by molar-refractivity contribution is 6.30. The molecule has 0 radical (unpaired) electrons. The van der Waals surface area contributed by atoms with Crippen LogP contribution >= 0.6 is 11.6 Å². The van der Waals surface area contributed by atoms with Crippen LogP contribution in [-0.4, -0.2) is 16.2 Å². The Kier molecular flexibility index (Phi) is 5.54. The number of amides is 2. The molecule has 4 aromatic rings. The third-order valence-corrected chi connectivity index (χ3v) is 4.47. The molecule has 1 atom stereocenters. The molecule has 2 amide bonds. The van der Waals surface area contributed by atoms with E-state index in [2.05, 4.69) is 20.8 Å². The zero-order chi connectivity index (χ0) is 20.1. The molecule has 0 saturated heterocycles. The largest absolute Gasteiger partial charge is 0.418 e. The molecular formula is C22H17ClN4O2. The van der Waals surface area contributed by atoms with Gasteiger partial charge in [-0.2, -0.15) is 0 Å². The third-order valence-electron chi connectivity index (χ3n) is 4.22. The molecule has 0 bridgehead atoms. The van der Waals surface area contributed by atoms with Crippen LogP contribution in [0.15, 0.2) is 89.3 Å². The summed E-state index contributed by atoms with van der Waals surface area (Å²) in [4.78, 5) is 12.6. The molecular weight excluding hydrogens is 388 g/mol. The summed E-state index contributed by atoms with van der Waals surface area (Å²) in [6, 6.07) is 24.8. The van der Waals surface area contributed by atoms with Crippen molar-refractivity contribution in [3.63, 3.8) is 0 Å². The van der Waals surface area contributed by atoms with Crippen LogP contribution in [0, 0.1) is 0 Å². The molecule has 0 fully saturated rings. The first-order valence-electron chi connectivity index (χ1n) is 8.96. The molecule has 2 N–H and O–H groups in total. The molecule has 7 heteroatoms. The Bertz CT molecular complexity index is 1080. The Morgan fingerprint density at radius 1 is 0.862 bits per heavy atom. The predicted octanol–water partition coefficient (Wildman–Crippen LogP) is 5.30. The van der Waals surface area contributed by atoms with Gasteiger partial charge in [-0.25, -0.2) is 4.79 Å². The van der Waals surface area contributed by atoms with Crippen molar-refractivity contribution in [1.29, 1.82) is 0 Å². The standard InChI is InChI=1S/C22H17ClN4O2/c23-17-13-11-16(12-14-17)20-26-27-21(29-20)19(15-7-3-1-4-8-15)25-22(28)24-18-9-5-2-6-10-18/h1-14,19H,(H2,24,25,28)/t19-/m1/s1. The Hall–Kier alpha value is -3.64. The number of carbonyl (C=O) groups excluding carboxylic acids is 1. The number of nitrogens with one attached hydrogen (secondary N) is 2. The molecule has 0 aliphatic heterocycles. The Morgan fingerprint density at radius 2 is 1.52 bits per heavy atom. The molecule has 0 aliphatic rings. The van der Waals surface area contributed by atoms with E-state index in [1.54, 1.807) is 24.3 Å². The molecule has 0 unspecified atom stereocenters. The van der Waals surface area contributed by atoms with E-state index in [4.69, 9.17) is 16.0 Å². The van der Waals surface area contributed by atoms with Gasteiger partial charge in [-0.15, -0.1) is 10.2 Å². The quantitative estimate of drug-likeness (QED) is 0.473. The number of para-hydroxylation sites is 1. The molecule has 29 heavy (non-hydrogen) atoms. The minimum atomic E-state index is -0.603. The smallest absolute Gasteiger partial charge is 0.320 e. The van der Waals surface area contributed by atoms with Crippen LogP contribution in [0.4, 0.5) is 10.5 Å². The predicted molar refractivity (Wildman–Crippen MR) is 112 cm³/mol. The molecule has 0 aliphatic carbocycles. The second-order valence-electron chi connectivity index (χ2n) is 6.26. The van der Waals surface area contributed by atoms with E-state index in [0.29, 0.717) is 16.6 Å². The van der Waals surface area contributed by atoms with Crippen molar-refractivity contribution in [1.82, 2.24) is 15.5 Å². The van der Waals surface area contributed by atoms with Gasteiger partial charge in [-0.1, -0.05) is 60.1 Å². The normalized spacial score (nSPS) is 11.6. The van der Waals surface area contributed by atoms with Gasteiger partial charge < -0.3 is 15.1 Å². The molecule has 1 heterocycles. The van der Waals surface area contributed by atoms with Crippen LogP contribution in [0.25, 0.3) is 11.5 Å². The van der Waals surface area contributed by atoms with E-state index in [0.717, 1.165) is 11.1 Å². The molecule has 0 spiro atoms. The summed E-state index contributed by atoms with van der Waals surface area (Å²) < 4.78 is 5.87. The monoisotopic (exact) mass is 404 g/mol. The maximum atomic E-state index is 12.6. The lowest BCUT2D eigenvalue weighted by Gasteiger charge is -2.16. The lowest BCUT2D eigenvalue weighted by Crippen LogP contribution is -2.33. The number of hydrogen-bond donors (Lipinski definition) is 2. The number of aromatic nitrogens is 2. The highest BCUT2D eigenvalue weighted by atomic mass is 35.5. The van der Waals surface area contributed by atoms with E-state index in [1.807, 2.05) is 60.7 Å². The van der Waals surface area contributed by atoms with Gasteiger partial charge in [0, 0.05) is 16.3 Å². The van der Waals surface area contributed by atoms with Gasteiger partial charge in [-0.05, 0) is 42.0 Å². The first-order chi connectivity index (χ1) is 14.2. The lowest BCUT2D eigenvalue weighted by atomic mass is 10.1. The summed E-state index contributed by atoms with van der Waals surface area (Å²) in [5.74, 6) is 0.632. The van der Waals surface area contributed by atoms with E-state index < -0.39 is 6.04 Å².